The molecule has 1 fully saturated rings. The molecule has 1 aromatic rings. The normalized spacial score (nSPS) is 17.5. The minimum absolute atomic E-state index is 0.680. The Kier molecular flexibility index (Phi) is 6.68. The van der Waals surface area contributed by atoms with Crippen molar-refractivity contribution < 1.29 is 0 Å². The first-order valence-corrected chi connectivity index (χ1v) is 8.44. The van der Waals surface area contributed by atoms with Gasteiger partial charge >= 0.3 is 0 Å². The average Bonchev–Trinajstić information content (AvgIpc) is 2.50. The van der Waals surface area contributed by atoms with Crippen molar-refractivity contribution in [3.8, 4) is 0 Å². The summed E-state index contributed by atoms with van der Waals surface area (Å²) in [4.78, 5) is 5.18. The van der Waals surface area contributed by atoms with E-state index in [0.29, 0.717) is 6.04 Å². The van der Waals surface area contributed by atoms with Crippen molar-refractivity contribution in [3.05, 3.63) is 35.4 Å². The summed E-state index contributed by atoms with van der Waals surface area (Å²) in [5.41, 5.74) is 3.01. The second kappa shape index (κ2) is 8.52. The summed E-state index contributed by atoms with van der Waals surface area (Å²) in [5, 5.41) is 3.43. The van der Waals surface area contributed by atoms with Crippen LogP contribution >= 0.6 is 0 Å². The van der Waals surface area contributed by atoms with Gasteiger partial charge in [0.05, 0.1) is 0 Å². The van der Waals surface area contributed by atoms with Crippen LogP contribution in [0.4, 0.5) is 0 Å². The molecule has 3 nitrogen and oxygen atoms in total. The molecule has 2 rings (SSSR count). The maximum Gasteiger partial charge on any atom is 0.0237 e. The molecule has 0 aromatic heterocycles. The molecule has 0 unspecified atom stereocenters. The van der Waals surface area contributed by atoms with Crippen LogP contribution in [0.5, 0.6) is 0 Å². The number of hydrogen-bond acceptors (Lipinski definition) is 3. The molecule has 21 heavy (non-hydrogen) atoms. The van der Waals surface area contributed by atoms with E-state index in [1.54, 1.807) is 0 Å². The molecular formula is C18H31N3. The molecule has 1 heterocycles. The van der Waals surface area contributed by atoms with Gasteiger partial charge in [-0.3, -0.25) is 9.80 Å². The van der Waals surface area contributed by atoms with Crippen LogP contribution in [-0.4, -0.2) is 55.1 Å². The van der Waals surface area contributed by atoms with E-state index in [1.807, 2.05) is 0 Å². The molecule has 1 saturated heterocycles. The SMILES string of the molecule is CCNCCc1ccccc1CN1CCN(C(C)C)CC1. The Morgan fingerprint density at radius 2 is 1.71 bits per heavy atom. The summed E-state index contributed by atoms with van der Waals surface area (Å²) in [5.74, 6) is 0. The maximum absolute atomic E-state index is 3.43. The van der Waals surface area contributed by atoms with E-state index < -0.39 is 0 Å². The predicted molar refractivity (Wildman–Crippen MR) is 90.7 cm³/mol. The molecular weight excluding hydrogens is 258 g/mol. The van der Waals surface area contributed by atoms with Crippen LogP contribution in [0.2, 0.25) is 0 Å². The van der Waals surface area contributed by atoms with Gasteiger partial charge in [-0.05, 0) is 44.5 Å². The third kappa shape index (κ3) is 5.10. The lowest BCUT2D eigenvalue weighted by Gasteiger charge is -2.37. The maximum atomic E-state index is 3.43. The molecule has 0 radical (unpaired) electrons. The molecule has 1 aliphatic rings. The Balaban J connectivity index is 1.88. The molecule has 0 spiro atoms. The fourth-order valence-corrected chi connectivity index (χ4v) is 3.03. The summed E-state index contributed by atoms with van der Waals surface area (Å²) in [6.07, 6.45) is 1.13. The van der Waals surface area contributed by atoms with E-state index in [1.165, 1.54) is 37.3 Å². The van der Waals surface area contributed by atoms with E-state index >= 15 is 0 Å². The third-order valence-electron chi connectivity index (χ3n) is 4.47. The topological polar surface area (TPSA) is 18.5 Å². The first kappa shape index (κ1) is 16.5. The molecule has 0 amide bonds. The fourth-order valence-electron chi connectivity index (χ4n) is 3.03. The van der Waals surface area contributed by atoms with Gasteiger partial charge in [0.2, 0.25) is 0 Å². The van der Waals surface area contributed by atoms with Crippen LogP contribution in [0, 0.1) is 0 Å². The lowest BCUT2D eigenvalue weighted by Crippen LogP contribution is -2.48. The highest BCUT2D eigenvalue weighted by molar-refractivity contribution is 5.27. The Morgan fingerprint density at radius 3 is 2.33 bits per heavy atom. The van der Waals surface area contributed by atoms with Gasteiger partial charge < -0.3 is 5.32 Å². The Labute approximate surface area is 130 Å². The molecule has 0 bridgehead atoms. The van der Waals surface area contributed by atoms with Crippen molar-refractivity contribution in [2.24, 2.45) is 0 Å². The Morgan fingerprint density at radius 1 is 1.05 bits per heavy atom. The van der Waals surface area contributed by atoms with Crippen molar-refractivity contribution in [3.63, 3.8) is 0 Å². The highest BCUT2D eigenvalue weighted by Gasteiger charge is 2.19. The molecule has 1 aromatic carbocycles. The zero-order valence-electron chi connectivity index (χ0n) is 13.9. The van der Waals surface area contributed by atoms with Crippen LogP contribution in [0.3, 0.4) is 0 Å². The first-order chi connectivity index (χ1) is 10.2. The van der Waals surface area contributed by atoms with Crippen LogP contribution in [-0.2, 0) is 13.0 Å². The summed E-state index contributed by atoms with van der Waals surface area (Å²) in [6.45, 7) is 14.8. The molecule has 0 atom stereocenters. The number of benzene rings is 1. The van der Waals surface area contributed by atoms with Gasteiger partial charge in [0, 0.05) is 38.8 Å². The predicted octanol–water partition coefficient (Wildman–Crippen LogP) is 2.36. The van der Waals surface area contributed by atoms with Crippen molar-refractivity contribution in [2.75, 3.05) is 39.3 Å². The van der Waals surface area contributed by atoms with Gasteiger partial charge in [0.15, 0.2) is 0 Å². The van der Waals surface area contributed by atoms with Crippen molar-refractivity contribution >= 4 is 0 Å². The largest absolute Gasteiger partial charge is 0.317 e. The molecule has 118 valence electrons. The minimum atomic E-state index is 0.680. The van der Waals surface area contributed by atoms with Crippen LogP contribution in [0.1, 0.15) is 31.9 Å². The van der Waals surface area contributed by atoms with Crippen molar-refractivity contribution in [1.82, 2.24) is 15.1 Å². The number of likely N-dealkylation sites (N-methyl/N-ethyl adjacent to an activating group) is 1. The Hall–Kier alpha value is -0.900. The van der Waals surface area contributed by atoms with Crippen molar-refractivity contribution in [2.45, 2.75) is 39.8 Å². The number of nitrogens with one attached hydrogen (secondary N) is 1. The fraction of sp³-hybridized carbons (Fsp3) is 0.667. The molecule has 0 aliphatic carbocycles. The van der Waals surface area contributed by atoms with E-state index in [4.69, 9.17) is 0 Å². The summed E-state index contributed by atoms with van der Waals surface area (Å²) >= 11 is 0. The molecule has 0 saturated carbocycles. The Bertz CT molecular complexity index is 409. The lowest BCUT2D eigenvalue weighted by molar-refractivity contribution is 0.104. The van der Waals surface area contributed by atoms with Gasteiger partial charge in [-0.2, -0.15) is 0 Å². The summed E-state index contributed by atoms with van der Waals surface area (Å²) in [7, 11) is 0. The van der Waals surface area contributed by atoms with Gasteiger partial charge in [-0.1, -0.05) is 31.2 Å². The average molecular weight is 289 g/mol. The summed E-state index contributed by atoms with van der Waals surface area (Å²) in [6, 6.07) is 9.62. The molecule has 1 N–H and O–H groups in total. The summed E-state index contributed by atoms with van der Waals surface area (Å²) < 4.78 is 0. The second-order valence-corrected chi connectivity index (χ2v) is 6.28. The van der Waals surface area contributed by atoms with Gasteiger partial charge in [-0.15, -0.1) is 0 Å². The van der Waals surface area contributed by atoms with E-state index in [0.717, 1.165) is 26.1 Å². The number of rotatable bonds is 7. The van der Waals surface area contributed by atoms with Crippen LogP contribution < -0.4 is 5.32 Å². The minimum Gasteiger partial charge on any atom is -0.317 e. The zero-order chi connectivity index (χ0) is 15.1. The quantitative estimate of drug-likeness (QED) is 0.778. The van der Waals surface area contributed by atoms with Gasteiger partial charge in [0.1, 0.15) is 0 Å². The van der Waals surface area contributed by atoms with Crippen molar-refractivity contribution in [1.29, 1.82) is 0 Å². The molecule has 1 aliphatic heterocycles. The highest BCUT2D eigenvalue weighted by atomic mass is 15.3. The standard InChI is InChI=1S/C18H31N3/c1-4-19-10-9-17-7-5-6-8-18(17)15-20-11-13-21(14-12-20)16(2)3/h5-8,16,19H,4,9-15H2,1-3H3. The van der Waals surface area contributed by atoms with E-state index in [9.17, 15) is 0 Å². The number of hydrogen-bond donors (Lipinski definition) is 1. The first-order valence-electron chi connectivity index (χ1n) is 8.44. The highest BCUT2D eigenvalue weighted by Crippen LogP contribution is 2.14. The third-order valence-corrected chi connectivity index (χ3v) is 4.47. The number of piperazine rings is 1. The smallest absolute Gasteiger partial charge is 0.0237 e. The molecule has 3 heteroatoms. The monoisotopic (exact) mass is 289 g/mol. The second-order valence-electron chi connectivity index (χ2n) is 6.28. The number of nitrogens with zero attached hydrogens (tertiary/aromatic N) is 2. The van der Waals surface area contributed by atoms with E-state index in [2.05, 4.69) is 60.2 Å². The van der Waals surface area contributed by atoms with Crippen LogP contribution in [0.25, 0.3) is 0 Å². The zero-order valence-corrected chi connectivity index (χ0v) is 13.9. The van der Waals surface area contributed by atoms with Gasteiger partial charge in [0.25, 0.3) is 0 Å². The van der Waals surface area contributed by atoms with E-state index in [-0.39, 0.29) is 0 Å². The lowest BCUT2D eigenvalue weighted by atomic mass is 10.0. The van der Waals surface area contributed by atoms with Gasteiger partial charge in [-0.25, -0.2) is 0 Å². The van der Waals surface area contributed by atoms with Crippen LogP contribution in [0.15, 0.2) is 24.3 Å².